The van der Waals surface area contributed by atoms with Crippen molar-refractivity contribution in [2.24, 2.45) is 5.92 Å². The van der Waals surface area contributed by atoms with Gasteiger partial charge in [-0.05, 0) is 13.0 Å². The summed E-state index contributed by atoms with van der Waals surface area (Å²) in [6, 6.07) is 0.494. The molecule has 1 aliphatic heterocycles. The predicted molar refractivity (Wildman–Crippen MR) is 48.0 cm³/mol. The van der Waals surface area contributed by atoms with Crippen molar-refractivity contribution in [3.05, 3.63) is 0 Å². The van der Waals surface area contributed by atoms with Gasteiger partial charge < -0.3 is 14.8 Å². The molecular weight excluding hydrogens is 154 g/mol. The Kier molecular flexibility index (Phi) is 3.98. The molecule has 0 amide bonds. The second kappa shape index (κ2) is 4.80. The second-order valence-electron chi connectivity index (χ2n) is 3.55. The molecule has 1 unspecified atom stereocenters. The molecule has 3 nitrogen and oxygen atoms in total. The number of nitrogens with one attached hydrogen (secondary N) is 1. The van der Waals surface area contributed by atoms with Gasteiger partial charge in [-0.1, -0.05) is 13.8 Å². The Morgan fingerprint density at radius 2 is 1.92 bits per heavy atom. The molecular formula is C9H19NO2. The standard InChI is InChI=1S/C9H19NO2/c1-7(2)8(10-3)6-9-11-4-5-12-9/h7-10H,4-6H2,1-3H3. The first kappa shape index (κ1) is 9.96. The molecule has 0 saturated carbocycles. The first-order valence-corrected chi connectivity index (χ1v) is 4.64. The zero-order valence-electron chi connectivity index (χ0n) is 8.17. The number of hydrogen-bond donors (Lipinski definition) is 1. The minimum atomic E-state index is 0.0184. The predicted octanol–water partition coefficient (Wildman–Crippen LogP) is 0.993. The highest BCUT2D eigenvalue weighted by molar-refractivity contribution is 4.71. The van der Waals surface area contributed by atoms with Crippen molar-refractivity contribution in [2.45, 2.75) is 32.6 Å². The fourth-order valence-corrected chi connectivity index (χ4v) is 1.47. The summed E-state index contributed by atoms with van der Waals surface area (Å²) < 4.78 is 10.7. The van der Waals surface area contributed by atoms with Crippen LogP contribution in [0.25, 0.3) is 0 Å². The van der Waals surface area contributed by atoms with E-state index in [0.29, 0.717) is 12.0 Å². The van der Waals surface area contributed by atoms with Crippen LogP contribution >= 0.6 is 0 Å². The molecule has 0 aromatic carbocycles. The zero-order valence-corrected chi connectivity index (χ0v) is 8.17. The first-order chi connectivity index (χ1) is 5.74. The average Bonchev–Trinajstić information content (AvgIpc) is 2.51. The van der Waals surface area contributed by atoms with Crippen LogP contribution in [-0.2, 0) is 9.47 Å². The lowest BCUT2D eigenvalue weighted by Gasteiger charge is -2.22. The molecule has 1 N–H and O–H groups in total. The Morgan fingerprint density at radius 1 is 1.33 bits per heavy atom. The second-order valence-corrected chi connectivity index (χ2v) is 3.55. The van der Waals surface area contributed by atoms with Crippen LogP contribution in [0.15, 0.2) is 0 Å². The van der Waals surface area contributed by atoms with Gasteiger partial charge in [0, 0.05) is 12.5 Å². The van der Waals surface area contributed by atoms with Gasteiger partial charge in [0.25, 0.3) is 0 Å². The summed E-state index contributed by atoms with van der Waals surface area (Å²) in [6.45, 7) is 5.91. The lowest BCUT2D eigenvalue weighted by atomic mass is 10.0. The van der Waals surface area contributed by atoms with Gasteiger partial charge in [-0.3, -0.25) is 0 Å². The molecule has 0 aromatic rings. The van der Waals surface area contributed by atoms with Crippen LogP contribution in [0, 0.1) is 5.92 Å². The van der Waals surface area contributed by atoms with Gasteiger partial charge in [-0.15, -0.1) is 0 Å². The van der Waals surface area contributed by atoms with Crippen molar-refractivity contribution in [2.75, 3.05) is 20.3 Å². The summed E-state index contributed by atoms with van der Waals surface area (Å²) in [5.41, 5.74) is 0. The summed E-state index contributed by atoms with van der Waals surface area (Å²) in [5, 5.41) is 3.27. The van der Waals surface area contributed by atoms with E-state index in [9.17, 15) is 0 Å². The summed E-state index contributed by atoms with van der Waals surface area (Å²) >= 11 is 0. The van der Waals surface area contributed by atoms with Gasteiger partial charge >= 0.3 is 0 Å². The van der Waals surface area contributed by atoms with Crippen molar-refractivity contribution in [3.8, 4) is 0 Å². The van der Waals surface area contributed by atoms with Crippen molar-refractivity contribution < 1.29 is 9.47 Å². The largest absolute Gasteiger partial charge is 0.350 e. The van der Waals surface area contributed by atoms with Crippen LogP contribution in [0.2, 0.25) is 0 Å². The topological polar surface area (TPSA) is 30.5 Å². The molecule has 1 aliphatic rings. The molecule has 1 atom stereocenters. The van der Waals surface area contributed by atoms with E-state index in [4.69, 9.17) is 9.47 Å². The van der Waals surface area contributed by atoms with Crippen LogP contribution in [0.5, 0.6) is 0 Å². The van der Waals surface area contributed by atoms with E-state index in [1.165, 1.54) is 0 Å². The highest BCUT2D eigenvalue weighted by Gasteiger charge is 2.21. The van der Waals surface area contributed by atoms with E-state index in [1.54, 1.807) is 0 Å². The summed E-state index contributed by atoms with van der Waals surface area (Å²) in [5.74, 6) is 0.628. The van der Waals surface area contributed by atoms with Crippen molar-refractivity contribution in [1.82, 2.24) is 5.32 Å². The van der Waals surface area contributed by atoms with E-state index in [-0.39, 0.29) is 6.29 Å². The quantitative estimate of drug-likeness (QED) is 0.688. The van der Waals surface area contributed by atoms with Gasteiger partial charge in [-0.2, -0.15) is 0 Å². The molecule has 72 valence electrons. The Morgan fingerprint density at radius 3 is 2.33 bits per heavy atom. The third kappa shape index (κ3) is 2.73. The van der Waals surface area contributed by atoms with Crippen molar-refractivity contribution >= 4 is 0 Å². The van der Waals surface area contributed by atoms with Gasteiger partial charge in [-0.25, -0.2) is 0 Å². The SMILES string of the molecule is CNC(CC1OCCO1)C(C)C. The number of rotatable bonds is 4. The minimum Gasteiger partial charge on any atom is -0.350 e. The molecule has 1 heterocycles. The molecule has 1 rings (SSSR count). The summed E-state index contributed by atoms with van der Waals surface area (Å²) in [4.78, 5) is 0. The Labute approximate surface area is 74.4 Å². The Bertz CT molecular complexity index is 122. The normalized spacial score (nSPS) is 22.0. The minimum absolute atomic E-state index is 0.0184. The van der Waals surface area contributed by atoms with E-state index in [1.807, 2.05) is 7.05 Å². The van der Waals surface area contributed by atoms with E-state index in [2.05, 4.69) is 19.2 Å². The maximum Gasteiger partial charge on any atom is 0.159 e. The van der Waals surface area contributed by atoms with E-state index >= 15 is 0 Å². The van der Waals surface area contributed by atoms with Crippen molar-refractivity contribution in [3.63, 3.8) is 0 Å². The number of ether oxygens (including phenoxy) is 2. The monoisotopic (exact) mass is 173 g/mol. The maximum absolute atomic E-state index is 5.37. The van der Waals surface area contributed by atoms with Gasteiger partial charge in [0.2, 0.25) is 0 Å². The third-order valence-corrected chi connectivity index (χ3v) is 2.31. The molecule has 1 fully saturated rings. The van der Waals surface area contributed by atoms with Crippen LogP contribution in [0.4, 0.5) is 0 Å². The fourth-order valence-electron chi connectivity index (χ4n) is 1.47. The summed E-state index contributed by atoms with van der Waals surface area (Å²) in [6.07, 6.45) is 0.971. The molecule has 12 heavy (non-hydrogen) atoms. The van der Waals surface area contributed by atoms with Crippen LogP contribution in [0.1, 0.15) is 20.3 Å². The highest BCUT2D eigenvalue weighted by Crippen LogP contribution is 2.14. The molecule has 0 spiro atoms. The van der Waals surface area contributed by atoms with Crippen LogP contribution < -0.4 is 5.32 Å². The summed E-state index contributed by atoms with van der Waals surface area (Å²) in [7, 11) is 1.99. The average molecular weight is 173 g/mol. The van der Waals surface area contributed by atoms with Gasteiger partial charge in [0.1, 0.15) is 0 Å². The molecule has 0 bridgehead atoms. The maximum atomic E-state index is 5.37. The Hall–Kier alpha value is -0.120. The van der Waals surface area contributed by atoms with Crippen LogP contribution in [-0.4, -0.2) is 32.6 Å². The van der Waals surface area contributed by atoms with Gasteiger partial charge in [0.15, 0.2) is 6.29 Å². The van der Waals surface area contributed by atoms with E-state index < -0.39 is 0 Å². The first-order valence-electron chi connectivity index (χ1n) is 4.64. The Balaban J connectivity index is 2.26. The van der Waals surface area contributed by atoms with Crippen molar-refractivity contribution in [1.29, 1.82) is 0 Å². The molecule has 0 aliphatic carbocycles. The number of hydrogen-bond acceptors (Lipinski definition) is 3. The molecule has 0 aromatic heterocycles. The third-order valence-electron chi connectivity index (χ3n) is 2.31. The van der Waals surface area contributed by atoms with Crippen LogP contribution in [0.3, 0.4) is 0 Å². The molecule has 1 saturated heterocycles. The lowest BCUT2D eigenvalue weighted by Crippen LogP contribution is -2.34. The highest BCUT2D eigenvalue weighted by atomic mass is 16.7. The van der Waals surface area contributed by atoms with E-state index in [0.717, 1.165) is 19.6 Å². The molecule has 0 radical (unpaired) electrons. The molecule has 3 heteroatoms. The smallest absolute Gasteiger partial charge is 0.159 e. The fraction of sp³-hybridized carbons (Fsp3) is 1.00. The zero-order chi connectivity index (χ0) is 8.97. The van der Waals surface area contributed by atoms with Gasteiger partial charge in [0.05, 0.1) is 13.2 Å². The lowest BCUT2D eigenvalue weighted by molar-refractivity contribution is -0.0550.